The van der Waals surface area contributed by atoms with Gasteiger partial charge in [-0.2, -0.15) is 0 Å². The summed E-state index contributed by atoms with van der Waals surface area (Å²) in [5.74, 6) is -0.564. The van der Waals surface area contributed by atoms with E-state index in [1.165, 1.54) is 12.1 Å². The van der Waals surface area contributed by atoms with Crippen LogP contribution in [0.25, 0.3) is 21.3 Å². The lowest BCUT2D eigenvalue weighted by Gasteiger charge is -2.11. The smallest absolute Gasteiger partial charge is 0.272 e. The SMILES string of the molecule is Cc1nc2cc(NC(=O)c3cc4cccnc4n3Cc3cccc(F)c3)ccc2s1.Cl. The topological polar surface area (TPSA) is 59.8 Å². The second-order valence-corrected chi connectivity index (χ2v) is 8.27. The van der Waals surface area contributed by atoms with Gasteiger partial charge in [-0.05, 0) is 61.0 Å². The van der Waals surface area contributed by atoms with Gasteiger partial charge in [0.05, 0.1) is 15.2 Å². The van der Waals surface area contributed by atoms with Crippen LogP contribution in [-0.2, 0) is 6.54 Å². The van der Waals surface area contributed by atoms with Crippen LogP contribution in [-0.4, -0.2) is 20.4 Å². The summed E-state index contributed by atoms with van der Waals surface area (Å²) in [6.45, 7) is 2.30. The van der Waals surface area contributed by atoms with Crippen molar-refractivity contribution >= 4 is 56.6 Å². The Morgan fingerprint density at radius 1 is 1.13 bits per heavy atom. The molecule has 0 aliphatic heterocycles. The van der Waals surface area contributed by atoms with Crippen LogP contribution in [0.3, 0.4) is 0 Å². The van der Waals surface area contributed by atoms with E-state index >= 15 is 0 Å². The number of amides is 1. The molecule has 1 N–H and O–H groups in total. The van der Waals surface area contributed by atoms with Crippen molar-refractivity contribution in [2.45, 2.75) is 13.5 Å². The number of hydrogen-bond acceptors (Lipinski definition) is 4. The van der Waals surface area contributed by atoms with Crippen molar-refractivity contribution in [2.24, 2.45) is 0 Å². The maximum atomic E-state index is 13.7. The molecule has 0 unspecified atom stereocenters. The van der Waals surface area contributed by atoms with Gasteiger partial charge in [-0.1, -0.05) is 12.1 Å². The maximum Gasteiger partial charge on any atom is 0.272 e. The molecule has 5 nitrogen and oxygen atoms in total. The van der Waals surface area contributed by atoms with Crippen LogP contribution >= 0.6 is 23.7 Å². The van der Waals surface area contributed by atoms with Crippen LogP contribution in [0.5, 0.6) is 0 Å². The van der Waals surface area contributed by atoms with Gasteiger partial charge < -0.3 is 9.88 Å². The number of hydrogen-bond donors (Lipinski definition) is 1. The molecule has 5 rings (SSSR count). The Morgan fingerprint density at radius 2 is 2.00 bits per heavy atom. The van der Waals surface area contributed by atoms with Gasteiger partial charge in [0.15, 0.2) is 0 Å². The summed E-state index contributed by atoms with van der Waals surface area (Å²) in [5.41, 5.74) is 3.43. The first kappa shape index (κ1) is 21.0. The van der Waals surface area contributed by atoms with E-state index in [4.69, 9.17) is 0 Å². The van der Waals surface area contributed by atoms with E-state index in [0.717, 1.165) is 26.2 Å². The summed E-state index contributed by atoms with van der Waals surface area (Å²) in [5, 5.41) is 4.79. The molecule has 5 aromatic rings. The Labute approximate surface area is 188 Å². The molecule has 156 valence electrons. The van der Waals surface area contributed by atoms with E-state index in [1.807, 2.05) is 54.0 Å². The predicted molar refractivity (Wildman–Crippen MR) is 125 cm³/mol. The third-order valence-electron chi connectivity index (χ3n) is 4.87. The normalized spacial score (nSPS) is 10.9. The van der Waals surface area contributed by atoms with Crippen molar-refractivity contribution in [3.63, 3.8) is 0 Å². The van der Waals surface area contributed by atoms with E-state index < -0.39 is 0 Å². The summed E-state index contributed by atoms with van der Waals surface area (Å²) in [6, 6.07) is 17.6. The Kier molecular flexibility index (Phi) is 5.71. The van der Waals surface area contributed by atoms with Crippen molar-refractivity contribution < 1.29 is 9.18 Å². The Balaban J connectivity index is 0.00000231. The molecule has 0 bridgehead atoms. The average molecular weight is 453 g/mol. The van der Waals surface area contributed by atoms with Crippen LogP contribution < -0.4 is 5.32 Å². The fourth-order valence-electron chi connectivity index (χ4n) is 3.57. The molecule has 2 aromatic carbocycles. The molecular formula is C23H18ClFN4OS. The highest BCUT2D eigenvalue weighted by Crippen LogP contribution is 2.26. The average Bonchev–Trinajstić information content (AvgIpc) is 3.27. The number of nitrogens with zero attached hydrogens (tertiary/aromatic N) is 3. The van der Waals surface area contributed by atoms with Crippen molar-refractivity contribution in [3.05, 3.63) is 88.9 Å². The van der Waals surface area contributed by atoms with Gasteiger partial charge in [0, 0.05) is 23.8 Å². The molecule has 8 heteroatoms. The second-order valence-electron chi connectivity index (χ2n) is 7.03. The fraction of sp³-hybridized carbons (Fsp3) is 0.0870. The lowest BCUT2D eigenvalue weighted by molar-refractivity contribution is 0.101. The van der Waals surface area contributed by atoms with Crippen LogP contribution in [0.4, 0.5) is 10.1 Å². The second kappa shape index (κ2) is 8.45. The first-order valence-electron chi connectivity index (χ1n) is 9.44. The summed E-state index contributed by atoms with van der Waals surface area (Å²) in [6.07, 6.45) is 1.69. The molecule has 31 heavy (non-hydrogen) atoms. The Hall–Kier alpha value is -3.29. The monoisotopic (exact) mass is 452 g/mol. The number of fused-ring (bicyclic) bond motifs is 2. The molecule has 0 saturated carbocycles. The van der Waals surface area contributed by atoms with Gasteiger partial charge >= 0.3 is 0 Å². The molecule has 0 aliphatic rings. The minimum absolute atomic E-state index is 0. The van der Waals surface area contributed by atoms with Gasteiger partial charge in [-0.25, -0.2) is 14.4 Å². The maximum absolute atomic E-state index is 13.7. The third kappa shape index (κ3) is 4.15. The van der Waals surface area contributed by atoms with E-state index in [2.05, 4.69) is 15.3 Å². The number of halogens is 2. The Morgan fingerprint density at radius 3 is 2.84 bits per heavy atom. The number of aryl methyl sites for hydroxylation is 1. The number of thiazole rings is 1. The third-order valence-corrected chi connectivity index (χ3v) is 5.82. The van der Waals surface area contributed by atoms with E-state index in [-0.39, 0.29) is 24.1 Å². The zero-order valence-corrected chi connectivity index (χ0v) is 18.1. The molecule has 0 saturated heterocycles. The molecular weight excluding hydrogens is 435 g/mol. The van der Waals surface area contributed by atoms with Crippen LogP contribution in [0.2, 0.25) is 0 Å². The molecule has 3 aromatic heterocycles. The van der Waals surface area contributed by atoms with Gasteiger partial charge in [-0.3, -0.25) is 4.79 Å². The van der Waals surface area contributed by atoms with Gasteiger partial charge in [0.1, 0.15) is 17.2 Å². The van der Waals surface area contributed by atoms with E-state index in [9.17, 15) is 9.18 Å². The lowest BCUT2D eigenvalue weighted by Crippen LogP contribution is -2.17. The number of carbonyl (C=O) groups is 1. The molecule has 0 atom stereocenters. The van der Waals surface area contributed by atoms with Crippen molar-refractivity contribution in [1.82, 2.24) is 14.5 Å². The number of anilines is 1. The lowest BCUT2D eigenvalue weighted by atomic mass is 10.2. The number of nitrogens with one attached hydrogen (secondary N) is 1. The first-order valence-corrected chi connectivity index (χ1v) is 10.3. The highest BCUT2D eigenvalue weighted by Gasteiger charge is 2.17. The highest BCUT2D eigenvalue weighted by molar-refractivity contribution is 7.18. The van der Waals surface area contributed by atoms with Gasteiger partial charge in [0.25, 0.3) is 5.91 Å². The van der Waals surface area contributed by atoms with E-state index in [1.54, 1.807) is 23.6 Å². The fourth-order valence-corrected chi connectivity index (χ4v) is 4.38. The van der Waals surface area contributed by atoms with Gasteiger partial charge in [0.2, 0.25) is 0 Å². The molecule has 3 heterocycles. The number of benzene rings is 2. The van der Waals surface area contributed by atoms with E-state index in [0.29, 0.717) is 23.6 Å². The molecule has 0 spiro atoms. The van der Waals surface area contributed by atoms with Crippen LogP contribution in [0.15, 0.2) is 66.9 Å². The first-order chi connectivity index (χ1) is 14.6. The predicted octanol–water partition coefficient (Wildman–Crippen LogP) is 5.82. The summed E-state index contributed by atoms with van der Waals surface area (Å²) in [7, 11) is 0. The minimum atomic E-state index is -0.310. The van der Waals surface area contributed by atoms with Crippen molar-refractivity contribution in [3.8, 4) is 0 Å². The zero-order chi connectivity index (χ0) is 20.7. The van der Waals surface area contributed by atoms with Crippen molar-refractivity contribution in [1.29, 1.82) is 0 Å². The standard InChI is InChI=1S/C23H17FN4OS.ClH/c1-14-26-19-12-18(7-8-21(19)30-14)27-23(29)20-11-16-5-3-9-25-22(16)28(20)13-15-4-2-6-17(24)10-15;/h2-12H,13H2,1H3,(H,27,29);1H. The van der Waals surface area contributed by atoms with Gasteiger partial charge in [-0.15, -0.1) is 23.7 Å². The highest BCUT2D eigenvalue weighted by atomic mass is 35.5. The summed E-state index contributed by atoms with van der Waals surface area (Å²) >= 11 is 1.62. The number of pyridine rings is 1. The quantitative estimate of drug-likeness (QED) is 0.374. The molecule has 0 aliphatic carbocycles. The summed E-state index contributed by atoms with van der Waals surface area (Å²) < 4.78 is 16.6. The molecule has 0 radical (unpaired) electrons. The van der Waals surface area contributed by atoms with Crippen LogP contribution in [0, 0.1) is 12.7 Å². The van der Waals surface area contributed by atoms with Crippen LogP contribution in [0.1, 0.15) is 21.1 Å². The molecule has 0 fully saturated rings. The van der Waals surface area contributed by atoms with Crippen molar-refractivity contribution in [2.75, 3.05) is 5.32 Å². The number of carbonyl (C=O) groups excluding carboxylic acids is 1. The molecule has 1 amide bonds. The summed E-state index contributed by atoms with van der Waals surface area (Å²) in [4.78, 5) is 22.1. The number of aromatic nitrogens is 3. The Bertz CT molecular complexity index is 1410. The largest absolute Gasteiger partial charge is 0.321 e. The minimum Gasteiger partial charge on any atom is -0.321 e. The number of rotatable bonds is 4. The zero-order valence-electron chi connectivity index (χ0n) is 16.5.